The summed E-state index contributed by atoms with van der Waals surface area (Å²) in [4.78, 5) is 11.1. The normalized spacial score (nSPS) is 36.4. The Morgan fingerprint density at radius 3 is 2.44 bits per heavy atom. The van der Waals surface area contributed by atoms with Gasteiger partial charge in [-0.1, -0.05) is 0 Å². The summed E-state index contributed by atoms with van der Waals surface area (Å²) in [5, 5.41) is 12.8. The first-order valence-electron chi connectivity index (χ1n) is 5.70. The zero-order valence-corrected chi connectivity index (χ0v) is 11.1. The third-order valence-corrected chi connectivity index (χ3v) is 2.88. The number of aliphatic hydroxyl groups excluding tert-OH is 1. The lowest BCUT2D eigenvalue weighted by atomic mass is 9.96. The predicted molar refractivity (Wildman–Crippen MR) is 62.0 cm³/mol. The number of carbonyl (C=O) groups is 1. The number of methoxy groups -OCH3 is 3. The van der Waals surface area contributed by atoms with Gasteiger partial charge in [-0.2, -0.15) is 0 Å². The van der Waals surface area contributed by atoms with Crippen LogP contribution in [0.3, 0.4) is 0 Å². The monoisotopic (exact) mass is 263 g/mol. The van der Waals surface area contributed by atoms with Gasteiger partial charge in [0.2, 0.25) is 5.91 Å². The molecule has 0 bridgehead atoms. The molecule has 0 spiro atoms. The van der Waals surface area contributed by atoms with E-state index in [9.17, 15) is 9.90 Å². The molecule has 18 heavy (non-hydrogen) atoms. The van der Waals surface area contributed by atoms with Gasteiger partial charge in [-0.3, -0.25) is 4.79 Å². The first-order valence-corrected chi connectivity index (χ1v) is 5.70. The number of aliphatic hydroxyl groups is 1. The number of nitrogens with one attached hydrogen (secondary N) is 1. The number of hydrogen-bond donors (Lipinski definition) is 2. The summed E-state index contributed by atoms with van der Waals surface area (Å²) in [5.74, 6) is -0.273. The van der Waals surface area contributed by atoms with Crippen molar-refractivity contribution in [2.24, 2.45) is 0 Å². The first-order chi connectivity index (χ1) is 8.54. The fourth-order valence-corrected chi connectivity index (χ4v) is 2.10. The number of rotatable bonds is 5. The molecular formula is C11H21NO6. The molecule has 0 aromatic carbocycles. The van der Waals surface area contributed by atoms with E-state index >= 15 is 0 Å². The number of carbonyl (C=O) groups excluding carboxylic acids is 1. The molecule has 1 fully saturated rings. The van der Waals surface area contributed by atoms with Gasteiger partial charge in [0.25, 0.3) is 0 Å². The summed E-state index contributed by atoms with van der Waals surface area (Å²) in [6.07, 6.45) is -2.72. The summed E-state index contributed by atoms with van der Waals surface area (Å²) >= 11 is 0. The van der Waals surface area contributed by atoms with E-state index in [-0.39, 0.29) is 12.5 Å². The molecule has 0 radical (unpaired) electrons. The van der Waals surface area contributed by atoms with Gasteiger partial charge < -0.3 is 29.4 Å². The van der Waals surface area contributed by atoms with Gasteiger partial charge in [0.1, 0.15) is 24.4 Å². The second-order valence-corrected chi connectivity index (χ2v) is 4.15. The van der Waals surface area contributed by atoms with Gasteiger partial charge in [-0.15, -0.1) is 0 Å². The fraction of sp³-hybridized carbons (Fsp3) is 0.909. The minimum Gasteiger partial charge on any atom is -0.388 e. The SMILES string of the molecule is COC[C@H]1O[C@H](OC)[C@H](NC(C)=O)[C@@H](O)[C@@H]1OC. The topological polar surface area (TPSA) is 86.2 Å². The summed E-state index contributed by atoms with van der Waals surface area (Å²) in [6.45, 7) is 1.63. The van der Waals surface area contributed by atoms with E-state index in [1.807, 2.05) is 0 Å². The van der Waals surface area contributed by atoms with Crippen molar-refractivity contribution in [1.82, 2.24) is 5.32 Å². The Morgan fingerprint density at radius 2 is 2.00 bits per heavy atom. The van der Waals surface area contributed by atoms with Gasteiger partial charge in [0.05, 0.1) is 6.61 Å². The standard InChI is InChI=1S/C11H21NO6/c1-6(13)12-8-9(14)10(16-3)7(5-15-2)18-11(8)17-4/h7-11,14H,5H2,1-4H3,(H,12,13)/t7-,8-,9-,10-,11+/m1/s1. The molecule has 1 saturated heterocycles. The lowest BCUT2D eigenvalue weighted by molar-refractivity contribution is -0.268. The zero-order valence-electron chi connectivity index (χ0n) is 11.1. The van der Waals surface area contributed by atoms with Crippen molar-refractivity contribution in [3.8, 4) is 0 Å². The summed E-state index contributed by atoms with van der Waals surface area (Å²) in [5.41, 5.74) is 0. The van der Waals surface area contributed by atoms with E-state index in [1.165, 1.54) is 28.3 Å². The molecule has 0 saturated carbocycles. The predicted octanol–water partition coefficient (Wildman–Crippen LogP) is -1.12. The van der Waals surface area contributed by atoms with E-state index < -0.39 is 30.6 Å². The highest BCUT2D eigenvalue weighted by Gasteiger charge is 2.46. The summed E-state index contributed by atoms with van der Waals surface area (Å²) in [7, 11) is 4.45. The van der Waals surface area contributed by atoms with Gasteiger partial charge in [-0.25, -0.2) is 0 Å². The lowest BCUT2D eigenvalue weighted by Gasteiger charge is -2.43. The van der Waals surface area contributed by atoms with E-state index in [0.717, 1.165) is 0 Å². The lowest BCUT2D eigenvalue weighted by Crippen LogP contribution is -2.64. The van der Waals surface area contributed by atoms with Crippen molar-refractivity contribution in [1.29, 1.82) is 0 Å². The molecule has 1 aliphatic rings. The minimum absolute atomic E-state index is 0.266. The van der Waals surface area contributed by atoms with E-state index in [4.69, 9.17) is 18.9 Å². The molecule has 106 valence electrons. The van der Waals surface area contributed by atoms with Crippen molar-refractivity contribution in [2.45, 2.75) is 37.6 Å². The fourth-order valence-electron chi connectivity index (χ4n) is 2.10. The maximum Gasteiger partial charge on any atom is 0.217 e. The highest BCUT2D eigenvalue weighted by molar-refractivity contribution is 5.73. The second kappa shape index (κ2) is 7.01. The first kappa shape index (κ1) is 15.3. The van der Waals surface area contributed by atoms with Crippen LogP contribution in [0.5, 0.6) is 0 Å². The highest BCUT2D eigenvalue weighted by Crippen LogP contribution is 2.24. The molecule has 1 rings (SSSR count). The molecule has 5 atom stereocenters. The van der Waals surface area contributed by atoms with E-state index in [2.05, 4.69) is 5.32 Å². The Labute approximate surface area is 106 Å². The Bertz CT molecular complexity index is 274. The Balaban J connectivity index is 2.83. The third-order valence-electron chi connectivity index (χ3n) is 2.88. The van der Waals surface area contributed by atoms with Crippen molar-refractivity contribution >= 4 is 5.91 Å². The molecule has 7 heteroatoms. The largest absolute Gasteiger partial charge is 0.388 e. The van der Waals surface area contributed by atoms with Gasteiger partial charge in [-0.05, 0) is 0 Å². The van der Waals surface area contributed by atoms with E-state index in [0.29, 0.717) is 0 Å². The molecule has 7 nitrogen and oxygen atoms in total. The molecule has 1 heterocycles. The van der Waals surface area contributed by atoms with Crippen LogP contribution in [0.2, 0.25) is 0 Å². The van der Waals surface area contributed by atoms with Crippen LogP contribution in [0, 0.1) is 0 Å². The Kier molecular flexibility index (Phi) is 5.97. The van der Waals surface area contributed by atoms with Crippen molar-refractivity contribution in [3.63, 3.8) is 0 Å². The molecule has 2 N–H and O–H groups in total. The average molecular weight is 263 g/mol. The molecule has 0 aliphatic carbocycles. The highest BCUT2D eigenvalue weighted by atomic mass is 16.7. The van der Waals surface area contributed by atoms with Crippen LogP contribution < -0.4 is 5.32 Å². The summed E-state index contributed by atoms with van der Waals surface area (Å²) in [6, 6.07) is -0.675. The summed E-state index contributed by atoms with van der Waals surface area (Å²) < 4.78 is 21.0. The third kappa shape index (κ3) is 3.39. The molecular weight excluding hydrogens is 242 g/mol. The molecule has 0 aromatic rings. The quantitative estimate of drug-likeness (QED) is 0.654. The zero-order chi connectivity index (χ0) is 13.7. The minimum atomic E-state index is -0.933. The van der Waals surface area contributed by atoms with Crippen molar-refractivity contribution in [2.75, 3.05) is 27.9 Å². The Hall–Kier alpha value is -0.730. The van der Waals surface area contributed by atoms with Crippen molar-refractivity contribution in [3.05, 3.63) is 0 Å². The van der Waals surface area contributed by atoms with Crippen LogP contribution in [-0.2, 0) is 23.7 Å². The van der Waals surface area contributed by atoms with Gasteiger partial charge in [0, 0.05) is 28.3 Å². The van der Waals surface area contributed by atoms with Gasteiger partial charge >= 0.3 is 0 Å². The number of amides is 1. The van der Waals surface area contributed by atoms with Crippen molar-refractivity contribution < 1.29 is 28.8 Å². The maximum atomic E-state index is 11.1. The van der Waals surface area contributed by atoms with Crippen LogP contribution in [0.4, 0.5) is 0 Å². The molecule has 0 aromatic heterocycles. The molecule has 0 unspecified atom stereocenters. The van der Waals surface area contributed by atoms with Crippen LogP contribution in [0.15, 0.2) is 0 Å². The number of ether oxygens (including phenoxy) is 4. The van der Waals surface area contributed by atoms with Crippen LogP contribution in [-0.4, -0.2) is 69.6 Å². The molecule has 1 aliphatic heterocycles. The Morgan fingerprint density at radius 1 is 1.33 bits per heavy atom. The average Bonchev–Trinajstić information content (AvgIpc) is 2.32. The second-order valence-electron chi connectivity index (χ2n) is 4.15. The van der Waals surface area contributed by atoms with E-state index in [1.54, 1.807) is 0 Å². The maximum absolute atomic E-state index is 11.1. The van der Waals surface area contributed by atoms with Gasteiger partial charge in [0.15, 0.2) is 6.29 Å². The molecule has 1 amide bonds. The van der Waals surface area contributed by atoms with Crippen LogP contribution >= 0.6 is 0 Å². The van der Waals surface area contributed by atoms with Crippen LogP contribution in [0.1, 0.15) is 6.92 Å². The van der Waals surface area contributed by atoms with Crippen LogP contribution in [0.25, 0.3) is 0 Å². The number of hydrogen-bond acceptors (Lipinski definition) is 6. The smallest absolute Gasteiger partial charge is 0.217 e.